The molecule has 0 atom stereocenters. The zero-order chi connectivity index (χ0) is 18.5. The van der Waals surface area contributed by atoms with E-state index in [1.807, 2.05) is 36.4 Å². The number of aromatic hydroxyl groups is 1. The van der Waals surface area contributed by atoms with Crippen LogP contribution in [0.3, 0.4) is 0 Å². The molecule has 1 heterocycles. The smallest absolute Gasteiger partial charge is 0.120 e. The van der Waals surface area contributed by atoms with Crippen molar-refractivity contribution >= 4 is 33.9 Å². The van der Waals surface area contributed by atoms with Crippen molar-refractivity contribution in [3.05, 3.63) is 59.2 Å². The van der Waals surface area contributed by atoms with Gasteiger partial charge in [0.05, 0.1) is 5.52 Å². The van der Waals surface area contributed by atoms with Crippen LogP contribution in [-0.2, 0) is 6.54 Å². The van der Waals surface area contributed by atoms with Crippen LogP contribution in [-0.4, -0.2) is 34.6 Å². The van der Waals surface area contributed by atoms with E-state index in [9.17, 15) is 5.11 Å². The van der Waals surface area contributed by atoms with E-state index in [1.165, 1.54) is 0 Å². The van der Waals surface area contributed by atoms with Crippen molar-refractivity contribution in [1.29, 1.82) is 0 Å². The molecule has 4 N–H and O–H groups in total. The predicted octanol–water partition coefficient (Wildman–Crippen LogP) is 4.12. The predicted molar refractivity (Wildman–Crippen MR) is 108 cm³/mol. The molecule has 0 aliphatic carbocycles. The summed E-state index contributed by atoms with van der Waals surface area (Å²) in [5.74, 6) is 0.289. The molecular formula is C20H23ClN4O. The topological polar surface area (TPSA) is 74.4 Å². The van der Waals surface area contributed by atoms with Gasteiger partial charge in [-0.05, 0) is 49.0 Å². The van der Waals surface area contributed by atoms with E-state index in [4.69, 9.17) is 17.3 Å². The molecule has 26 heavy (non-hydrogen) atoms. The zero-order valence-electron chi connectivity index (χ0n) is 14.7. The van der Waals surface area contributed by atoms with E-state index in [0.29, 0.717) is 18.1 Å². The Morgan fingerprint density at radius 3 is 2.81 bits per heavy atom. The lowest BCUT2D eigenvalue weighted by Gasteiger charge is -2.20. The molecule has 0 saturated heterocycles. The number of pyridine rings is 1. The van der Waals surface area contributed by atoms with Crippen LogP contribution in [0.4, 0.5) is 11.4 Å². The lowest BCUT2D eigenvalue weighted by molar-refractivity contribution is 0.283. The molecule has 0 aliphatic rings. The Balaban J connectivity index is 1.88. The second-order valence-electron chi connectivity index (χ2n) is 6.15. The third kappa shape index (κ3) is 4.25. The first-order valence-corrected chi connectivity index (χ1v) is 9.04. The maximum atomic E-state index is 10.2. The van der Waals surface area contributed by atoms with E-state index in [2.05, 4.69) is 22.1 Å². The Morgan fingerprint density at radius 1 is 1.19 bits per heavy atom. The van der Waals surface area contributed by atoms with Gasteiger partial charge in [-0.3, -0.25) is 9.88 Å². The summed E-state index contributed by atoms with van der Waals surface area (Å²) in [7, 11) is 0. The maximum absolute atomic E-state index is 10.2. The van der Waals surface area contributed by atoms with Gasteiger partial charge in [-0.25, -0.2) is 0 Å². The molecule has 0 saturated carbocycles. The Kier molecular flexibility index (Phi) is 5.93. The summed E-state index contributed by atoms with van der Waals surface area (Å²) in [6.45, 7) is 5.01. The standard InChI is InChI=1S/C20H23ClN4O/c1-2-25(10-8-22)13-14-11-16(4-6-20(14)26)24-18-7-9-23-19-12-15(21)3-5-17(18)19/h3-7,9,11-12,26H,2,8,10,13,22H2,1H3,(H,23,24). The highest BCUT2D eigenvalue weighted by Gasteiger charge is 2.09. The van der Waals surface area contributed by atoms with Crippen LogP contribution in [0.1, 0.15) is 12.5 Å². The SMILES string of the molecule is CCN(CCN)Cc1cc(Nc2ccnc3cc(Cl)ccc23)ccc1O. The number of nitrogens with zero attached hydrogens (tertiary/aromatic N) is 2. The van der Waals surface area contributed by atoms with Gasteiger partial charge in [-0.15, -0.1) is 0 Å². The largest absolute Gasteiger partial charge is 0.508 e. The van der Waals surface area contributed by atoms with Crippen molar-refractivity contribution in [1.82, 2.24) is 9.88 Å². The first-order valence-electron chi connectivity index (χ1n) is 8.66. The van der Waals surface area contributed by atoms with Gasteiger partial charge in [0.1, 0.15) is 5.75 Å². The number of likely N-dealkylation sites (N-methyl/N-ethyl adjacent to an activating group) is 1. The molecule has 0 unspecified atom stereocenters. The van der Waals surface area contributed by atoms with Crippen LogP contribution in [0.15, 0.2) is 48.7 Å². The van der Waals surface area contributed by atoms with Crippen LogP contribution >= 0.6 is 11.6 Å². The van der Waals surface area contributed by atoms with E-state index < -0.39 is 0 Å². The summed E-state index contributed by atoms with van der Waals surface area (Å²) < 4.78 is 0. The number of aromatic nitrogens is 1. The van der Waals surface area contributed by atoms with Gasteiger partial charge in [0.25, 0.3) is 0 Å². The van der Waals surface area contributed by atoms with Gasteiger partial charge in [-0.1, -0.05) is 18.5 Å². The molecule has 5 nitrogen and oxygen atoms in total. The third-order valence-electron chi connectivity index (χ3n) is 4.35. The Bertz CT molecular complexity index is 900. The van der Waals surface area contributed by atoms with E-state index >= 15 is 0 Å². The van der Waals surface area contributed by atoms with Crippen LogP contribution in [0.2, 0.25) is 5.02 Å². The normalized spacial score (nSPS) is 11.2. The molecule has 3 aromatic rings. The average molecular weight is 371 g/mol. The monoisotopic (exact) mass is 370 g/mol. The number of benzene rings is 2. The highest BCUT2D eigenvalue weighted by molar-refractivity contribution is 6.31. The number of phenols is 1. The van der Waals surface area contributed by atoms with Crippen LogP contribution in [0.25, 0.3) is 10.9 Å². The lowest BCUT2D eigenvalue weighted by Crippen LogP contribution is -2.28. The van der Waals surface area contributed by atoms with E-state index in [-0.39, 0.29) is 5.75 Å². The third-order valence-corrected chi connectivity index (χ3v) is 4.58. The molecule has 6 heteroatoms. The summed E-state index contributed by atoms with van der Waals surface area (Å²) in [5, 5.41) is 15.3. The zero-order valence-corrected chi connectivity index (χ0v) is 15.5. The fraction of sp³-hybridized carbons (Fsp3) is 0.250. The second kappa shape index (κ2) is 8.36. The lowest BCUT2D eigenvalue weighted by atomic mass is 10.1. The first kappa shape index (κ1) is 18.5. The van der Waals surface area contributed by atoms with Gasteiger partial charge < -0.3 is 16.2 Å². The number of rotatable bonds is 7. The van der Waals surface area contributed by atoms with E-state index in [0.717, 1.165) is 40.9 Å². The molecule has 0 spiro atoms. The van der Waals surface area contributed by atoms with Crippen LogP contribution in [0, 0.1) is 0 Å². The van der Waals surface area contributed by atoms with Gasteiger partial charge in [0.15, 0.2) is 0 Å². The molecule has 1 aromatic heterocycles. The highest BCUT2D eigenvalue weighted by atomic mass is 35.5. The minimum absolute atomic E-state index is 0.289. The minimum Gasteiger partial charge on any atom is -0.508 e. The number of hydrogen-bond donors (Lipinski definition) is 3. The molecule has 2 aromatic carbocycles. The molecule has 0 aliphatic heterocycles. The summed E-state index contributed by atoms with van der Waals surface area (Å²) in [4.78, 5) is 6.56. The maximum Gasteiger partial charge on any atom is 0.120 e. The highest BCUT2D eigenvalue weighted by Crippen LogP contribution is 2.29. The van der Waals surface area contributed by atoms with Crippen molar-refractivity contribution in [2.45, 2.75) is 13.5 Å². The van der Waals surface area contributed by atoms with E-state index in [1.54, 1.807) is 12.3 Å². The summed E-state index contributed by atoms with van der Waals surface area (Å²) in [6.07, 6.45) is 1.75. The number of phenolic OH excluding ortho intramolecular Hbond substituents is 1. The minimum atomic E-state index is 0.289. The van der Waals surface area contributed by atoms with Crippen LogP contribution < -0.4 is 11.1 Å². The number of fused-ring (bicyclic) bond motifs is 1. The molecule has 136 valence electrons. The number of halogens is 1. The molecule has 0 bridgehead atoms. The summed E-state index contributed by atoms with van der Waals surface area (Å²) in [5.41, 5.74) is 9.21. The van der Waals surface area contributed by atoms with Gasteiger partial charge in [-0.2, -0.15) is 0 Å². The Labute approximate surface area is 158 Å². The molecule has 3 rings (SSSR count). The van der Waals surface area contributed by atoms with Gasteiger partial charge in [0.2, 0.25) is 0 Å². The fourth-order valence-electron chi connectivity index (χ4n) is 2.95. The van der Waals surface area contributed by atoms with Gasteiger partial charge >= 0.3 is 0 Å². The average Bonchev–Trinajstić information content (AvgIpc) is 2.64. The van der Waals surface area contributed by atoms with Crippen molar-refractivity contribution in [2.24, 2.45) is 5.73 Å². The van der Waals surface area contributed by atoms with Crippen molar-refractivity contribution < 1.29 is 5.11 Å². The number of nitrogens with one attached hydrogen (secondary N) is 1. The van der Waals surface area contributed by atoms with Crippen molar-refractivity contribution in [3.8, 4) is 5.75 Å². The second-order valence-corrected chi connectivity index (χ2v) is 6.58. The molecular weight excluding hydrogens is 348 g/mol. The fourth-order valence-corrected chi connectivity index (χ4v) is 3.11. The molecule has 0 radical (unpaired) electrons. The first-order chi connectivity index (χ1) is 12.6. The summed E-state index contributed by atoms with van der Waals surface area (Å²) >= 11 is 6.06. The molecule has 0 fully saturated rings. The Morgan fingerprint density at radius 2 is 2.04 bits per heavy atom. The van der Waals surface area contributed by atoms with Gasteiger partial charge in [0, 0.05) is 53.2 Å². The quantitative estimate of drug-likeness (QED) is 0.545. The summed E-state index contributed by atoms with van der Waals surface area (Å²) in [6, 6.07) is 13.1. The van der Waals surface area contributed by atoms with Crippen molar-refractivity contribution in [3.63, 3.8) is 0 Å². The number of anilines is 2. The van der Waals surface area contributed by atoms with Crippen molar-refractivity contribution in [2.75, 3.05) is 25.0 Å². The number of hydrogen-bond acceptors (Lipinski definition) is 5. The number of nitrogens with two attached hydrogens (primary N) is 1. The molecule has 0 amide bonds. The van der Waals surface area contributed by atoms with Crippen LogP contribution in [0.5, 0.6) is 5.75 Å². The Hall–Kier alpha value is -2.34.